The predicted octanol–water partition coefficient (Wildman–Crippen LogP) is 10.3. The first-order valence-electron chi connectivity index (χ1n) is 19.6. The van der Waals surface area contributed by atoms with Crippen molar-refractivity contribution in [2.75, 3.05) is 26.7 Å². The zero-order chi connectivity index (χ0) is 33.0. The SMILES string of the molecule is CCCCCCCCCC(CCCCCCCCC(=O)OCC(CCCC)CCCCCC)OC(=O)CC1(O)CCN(C)CC1. The van der Waals surface area contributed by atoms with Crippen LogP contribution < -0.4 is 0 Å². The number of aliphatic hydroxyl groups is 1. The van der Waals surface area contributed by atoms with Crippen LogP contribution in [0.2, 0.25) is 0 Å². The van der Waals surface area contributed by atoms with Crippen molar-refractivity contribution in [1.29, 1.82) is 0 Å². The fraction of sp³-hybridized carbons (Fsp3) is 0.949. The van der Waals surface area contributed by atoms with Gasteiger partial charge < -0.3 is 19.5 Å². The molecule has 0 aromatic carbocycles. The van der Waals surface area contributed by atoms with E-state index in [-0.39, 0.29) is 24.5 Å². The molecule has 2 atom stereocenters. The van der Waals surface area contributed by atoms with E-state index in [9.17, 15) is 14.7 Å². The molecule has 0 amide bonds. The molecular weight excluding hydrogens is 562 g/mol. The Morgan fingerprint density at radius 2 is 1.11 bits per heavy atom. The normalized spacial score (nSPS) is 16.4. The Bertz CT molecular complexity index is 706. The highest BCUT2D eigenvalue weighted by atomic mass is 16.5. The molecule has 1 heterocycles. The van der Waals surface area contributed by atoms with Gasteiger partial charge in [0.25, 0.3) is 0 Å². The fourth-order valence-electron chi connectivity index (χ4n) is 6.59. The van der Waals surface area contributed by atoms with Gasteiger partial charge in [0.2, 0.25) is 0 Å². The zero-order valence-corrected chi connectivity index (χ0v) is 30.4. The van der Waals surface area contributed by atoms with Gasteiger partial charge in [-0.05, 0) is 70.8 Å². The maximum Gasteiger partial charge on any atom is 0.308 e. The molecule has 45 heavy (non-hydrogen) atoms. The first kappa shape index (κ1) is 41.9. The van der Waals surface area contributed by atoms with Gasteiger partial charge in [0.15, 0.2) is 0 Å². The van der Waals surface area contributed by atoms with Gasteiger partial charge in [-0.25, -0.2) is 0 Å². The molecule has 0 aromatic rings. The first-order chi connectivity index (χ1) is 21.8. The van der Waals surface area contributed by atoms with Gasteiger partial charge in [0, 0.05) is 19.5 Å². The van der Waals surface area contributed by atoms with Gasteiger partial charge in [-0.2, -0.15) is 0 Å². The van der Waals surface area contributed by atoms with Crippen LogP contribution in [-0.2, 0) is 19.1 Å². The average molecular weight is 638 g/mol. The summed E-state index contributed by atoms with van der Waals surface area (Å²) >= 11 is 0. The number of esters is 2. The second-order valence-electron chi connectivity index (χ2n) is 14.4. The molecule has 1 N–H and O–H groups in total. The second kappa shape index (κ2) is 27.9. The van der Waals surface area contributed by atoms with Gasteiger partial charge >= 0.3 is 11.9 Å². The van der Waals surface area contributed by atoms with Crippen molar-refractivity contribution in [2.24, 2.45) is 5.92 Å². The Hall–Kier alpha value is -1.14. The van der Waals surface area contributed by atoms with E-state index >= 15 is 0 Å². The summed E-state index contributed by atoms with van der Waals surface area (Å²) in [5.74, 6) is 0.277. The van der Waals surface area contributed by atoms with Crippen molar-refractivity contribution < 1.29 is 24.2 Å². The molecule has 2 unspecified atom stereocenters. The maximum absolute atomic E-state index is 12.8. The van der Waals surface area contributed by atoms with Gasteiger partial charge in [0.1, 0.15) is 6.10 Å². The van der Waals surface area contributed by atoms with Crippen LogP contribution in [0.5, 0.6) is 0 Å². The first-order valence-corrected chi connectivity index (χ1v) is 19.6. The number of piperidine rings is 1. The Morgan fingerprint density at radius 3 is 1.69 bits per heavy atom. The molecule has 1 rings (SSSR count). The van der Waals surface area contributed by atoms with Crippen LogP contribution in [0.3, 0.4) is 0 Å². The van der Waals surface area contributed by atoms with Crippen molar-refractivity contribution in [1.82, 2.24) is 4.90 Å². The fourth-order valence-corrected chi connectivity index (χ4v) is 6.59. The Kier molecular flexibility index (Phi) is 26.0. The number of ether oxygens (including phenoxy) is 2. The summed E-state index contributed by atoms with van der Waals surface area (Å²) in [6.45, 7) is 8.98. The average Bonchev–Trinajstić information content (AvgIpc) is 3.02. The number of hydrogen-bond donors (Lipinski definition) is 1. The second-order valence-corrected chi connectivity index (χ2v) is 14.4. The molecule has 6 heteroatoms. The highest BCUT2D eigenvalue weighted by Gasteiger charge is 2.34. The molecule has 0 aliphatic carbocycles. The summed E-state index contributed by atoms with van der Waals surface area (Å²) in [5, 5.41) is 10.9. The molecule has 266 valence electrons. The largest absolute Gasteiger partial charge is 0.465 e. The Labute approximate surface area is 279 Å². The number of rotatable bonds is 30. The van der Waals surface area contributed by atoms with E-state index in [0.717, 1.165) is 70.9 Å². The van der Waals surface area contributed by atoms with Crippen LogP contribution in [0, 0.1) is 5.92 Å². The molecule has 0 radical (unpaired) electrons. The van der Waals surface area contributed by atoms with E-state index in [1.165, 1.54) is 89.9 Å². The molecule has 1 aliphatic rings. The molecule has 0 saturated carbocycles. The minimum atomic E-state index is -0.912. The van der Waals surface area contributed by atoms with Gasteiger partial charge in [-0.3, -0.25) is 9.59 Å². The smallest absolute Gasteiger partial charge is 0.308 e. The number of carbonyl (C=O) groups excluding carboxylic acids is 2. The minimum absolute atomic E-state index is 0.0232. The van der Waals surface area contributed by atoms with E-state index in [2.05, 4.69) is 32.7 Å². The number of unbranched alkanes of at least 4 members (excludes halogenated alkanes) is 15. The lowest BCUT2D eigenvalue weighted by molar-refractivity contribution is -0.157. The lowest BCUT2D eigenvalue weighted by Crippen LogP contribution is -2.44. The number of nitrogens with zero attached hydrogens (tertiary/aromatic N) is 1. The number of carbonyl (C=O) groups is 2. The van der Waals surface area contributed by atoms with Crippen molar-refractivity contribution in [2.45, 2.75) is 206 Å². The van der Waals surface area contributed by atoms with Crippen molar-refractivity contribution >= 4 is 11.9 Å². The molecule has 1 saturated heterocycles. The Balaban J connectivity index is 2.28. The lowest BCUT2D eigenvalue weighted by atomic mass is 9.88. The molecular formula is C39H75NO5. The maximum atomic E-state index is 12.8. The zero-order valence-electron chi connectivity index (χ0n) is 30.4. The van der Waals surface area contributed by atoms with Crippen LogP contribution in [0.15, 0.2) is 0 Å². The lowest BCUT2D eigenvalue weighted by Gasteiger charge is -2.36. The van der Waals surface area contributed by atoms with E-state index in [1.807, 2.05) is 0 Å². The predicted molar refractivity (Wildman–Crippen MR) is 188 cm³/mol. The summed E-state index contributed by atoms with van der Waals surface area (Å²) < 4.78 is 11.7. The van der Waals surface area contributed by atoms with Crippen molar-refractivity contribution in [3.05, 3.63) is 0 Å². The van der Waals surface area contributed by atoms with Gasteiger partial charge in [-0.15, -0.1) is 0 Å². The molecule has 1 fully saturated rings. The Morgan fingerprint density at radius 1 is 0.644 bits per heavy atom. The summed E-state index contributed by atoms with van der Waals surface area (Å²) in [5.41, 5.74) is -0.912. The molecule has 1 aliphatic heterocycles. The van der Waals surface area contributed by atoms with E-state index in [0.29, 0.717) is 31.8 Å². The topological polar surface area (TPSA) is 76.1 Å². The summed E-state index contributed by atoms with van der Waals surface area (Å²) in [7, 11) is 2.06. The third-order valence-electron chi connectivity index (χ3n) is 9.89. The quantitative estimate of drug-likeness (QED) is 0.0624. The molecule has 0 aromatic heterocycles. The van der Waals surface area contributed by atoms with Crippen LogP contribution in [0.4, 0.5) is 0 Å². The summed E-state index contributed by atoms with van der Waals surface area (Å²) in [4.78, 5) is 27.4. The van der Waals surface area contributed by atoms with E-state index in [1.54, 1.807) is 0 Å². The molecule has 0 spiro atoms. The molecule has 6 nitrogen and oxygen atoms in total. The van der Waals surface area contributed by atoms with E-state index in [4.69, 9.17) is 9.47 Å². The van der Waals surface area contributed by atoms with Gasteiger partial charge in [-0.1, -0.05) is 124 Å². The monoisotopic (exact) mass is 638 g/mol. The number of likely N-dealkylation sites (tertiary alicyclic amines) is 1. The summed E-state index contributed by atoms with van der Waals surface area (Å²) in [6, 6.07) is 0. The highest BCUT2D eigenvalue weighted by molar-refractivity contribution is 5.71. The third kappa shape index (κ3) is 23.8. The van der Waals surface area contributed by atoms with Crippen molar-refractivity contribution in [3.63, 3.8) is 0 Å². The summed E-state index contributed by atoms with van der Waals surface area (Å²) in [6.07, 6.45) is 28.9. The van der Waals surface area contributed by atoms with Crippen LogP contribution >= 0.6 is 0 Å². The minimum Gasteiger partial charge on any atom is -0.465 e. The van der Waals surface area contributed by atoms with Gasteiger partial charge in [0.05, 0.1) is 18.6 Å². The third-order valence-corrected chi connectivity index (χ3v) is 9.89. The van der Waals surface area contributed by atoms with Crippen LogP contribution in [0.25, 0.3) is 0 Å². The standard InChI is InChI=1S/C39H75NO5/c1-5-8-11-13-14-17-21-26-36(45-38(42)33-39(43)29-31-40(4)32-30-39)27-22-18-15-16-19-23-28-37(41)44-34-35(24-10-7-3)25-20-12-9-6-2/h35-36,43H,5-34H2,1-4H3. The molecule has 0 bridgehead atoms. The van der Waals surface area contributed by atoms with Crippen LogP contribution in [0.1, 0.15) is 194 Å². The number of hydrogen-bond acceptors (Lipinski definition) is 6. The highest BCUT2D eigenvalue weighted by Crippen LogP contribution is 2.27. The van der Waals surface area contributed by atoms with Crippen LogP contribution in [-0.4, -0.2) is 60.4 Å². The van der Waals surface area contributed by atoms with Crippen molar-refractivity contribution in [3.8, 4) is 0 Å². The van der Waals surface area contributed by atoms with E-state index < -0.39 is 5.60 Å².